The standard InChI is InChI=1S/C15H23N5S/c1-16-14-17-12(11-6-9-21-13(11)18-14)20(4)10-15(19(2)3)7-5-8-15/h6,9H,5,7-8,10H2,1-4H3,(H,16,17,18). The minimum absolute atomic E-state index is 0.294. The first-order valence-corrected chi connectivity index (χ1v) is 8.25. The summed E-state index contributed by atoms with van der Waals surface area (Å²) in [5.41, 5.74) is 0.294. The summed E-state index contributed by atoms with van der Waals surface area (Å²) in [6.07, 6.45) is 3.85. The zero-order valence-corrected chi connectivity index (χ0v) is 14.0. The molecule has 114 valence electrons. The van der Waals surface area contributed by atoms with Crippen LogP contribution in [0.25, 0.3) is 10.2 Å². The Bertz CT molecular complexity index is 632. The molecule has 0 amide bonds. The van der Waals surface area contributed by atoms with E-state index in [4.69, 9.17) is 0 Å². The first-order valence-electron chi connectivity index (χ1n) is 7.37. The summed E-state index contributed by atoms with van der Waals surface area (Å²) >= 11 is 1.66. The van der Waals surface area contributed by atoms with Gasteiger partial charge >= 0.3 is 0 Å². The summed E-state index contributed by atoms with van der Waals surface area (Å²) in [5, 5.41) is 6.30. The molecule has 1 N–H and O–H groups in total. The molecule has 2 heterocycles. The largest absolute Gasteiger partial charge is 0.357 e. The van der Waals surface area contributed by atoms with Crippen molar-refractivity contribution >= 4 is 33.3 Å². The fourth-order valence-corrected chi connectivity index (χ4v) is 3.85. The summed E-state index contributed by atoms with van der Waals surface area (Å²) in [7, 11) is 8.38. The first-order chi connectivity index (χ1) is 10.1. The molecule has 2 aromatic heterocycles. The van der Waals surface area contributed by atoms with Gasteiger partial charge in [0.2, 0.25) is 5.95 Å². The van der Waals surface area contributed by atoms with Gasteiger partial charge in [0.15, 0.2) is 0 Å². The molecule has 0 radical (unpaired) electrons. The van der Waals surface area contributed by atoms with Crippen molar-refractivity contribution in [1.82, 2.24) is 14.9 Å². The number of nitrogens with zero attached hydrogens (tertiary/aromatic N) is 4. The van der Waals surface area contributed by atoms with E-state index in [1.165, 1.54) is 19.3 Å². The van der Waals surface area contributed by atoms with E-state index in [1.54, 1.807) is 11.3 Å². The zero-order valence-electron chi connectivity index (χ0n) is 13.2. The highest BCUT2D eigenvalue weighted by molar-refractivity contribution is 7.16. The van der Waals surface area contributed by atoms with Crippen LogP contribution in [0.2, 0.25) is 0 Å². The molecule has 0 unspecified atom stereocenters. The number of aromatic nitrogens is 2. The van der Waals surface area contributed by atoms with E-state index in [0.29, 0.717) is 11.5 Å². The van der Waals surface area contributed by atoms with Crippen molar-refractivity contribution in [3.63, 3.8) is 0 Å². The van der Waals surface area contributed by atoms with Crippen molar-refractivity contribution < 1.29 is 0 Å². The molecule has 1 aliphatic rings. The first kappa shape index (κ1) is 14.5. The Balaban J connectivity index is 1.93. The van der Waals surface area contributed by atoms with Crippen LogP contribution in [0.4, 0.5) is 11.8 Å². The Morgan fingerprint density at radius 2 is 2.05 bits per heavy atom. The lowest BCUT2D eigenvalue weighted by Gasteiger charge is -2.49. The molecule has 0 saturated heterocycles. The summed E-state index contributed by atoms with van der Waals surface area (Å²) in [6, 6.07) is 2.12. The quantitative estimate of drug-likeness (QED) is 0.920. The van der Waals surface area contributed by atoms with Crippen LogP contribution in [0.15, 0.2) is 11.4 Å². The maximum atomic E-state index is 4.69. The predicted octanol–water partition coefficient (Wildman–Crippen LogP) is 2.65. The number of anilines is 2. The second kappa shape index (κ2) is 5.42. The van der Waals surface area contributed by atoms with Gasteiger partial charge in [-0.05, 0) is 44.8 Å². The maximum absolute atomic E-state index is 4.69. The second-order valence-electron chi connectivity index (χ2n) is 6.09. The van der Waals surface area contributed by atoms with Gasteiger partial charge in [0.25, 0.3) is 0 Å². The smallest absolute Gasteiger partial charge is 0.225 e. The van der Waals surface area contributed by atoms with E-state index in [9.17, 15) is 0 Å². The summed E-state index contributed by atoms with van der Waals surface area (Å²) in [6.45, 7) is 1.01. The van der Waals surface area contributed by atoms with Gasteiger partial charge in [0.1, 0.15) is 10.6 Å². The molecule has 0 aliphatic heterocycles. The van der Waals surface area contributed by atoms with E-state index in [0.717, 1.165) is 22.6 Å². The molecular weight excluding hydrogens is 282 g/mol. The zero-order chi connectivity index (χ0) is 15.0. The van der Waals surface area contributed by atoms with Crippen LogP contribution >= 0.6 is 11.3 Å². The average molecular weight is 305 g/mol. The van der Waals surface area contributed by atoms with Crippen LogP contribution in [0, 0.1) is 0 Å². The summed E-state index contributed by atoms with van der Waals surface area (Å²) in [5.74, 6) is 1.72. The van der Waals surface area contributed by atoms with Gasteiger partial charge < -0.3 is 15.1 Å². The Morgan fingerprint density at radius 1 is 1.29 bits per heavy atom. The second-order valence-corrected chi connectivity index (χ2v) is 6.98. The highest BCUT2D eigenvalue weighted by Crippen LogP contribution is 2.38. The number of likely N-dealkylation sites (N-methyl/N-ethyl adjacent to an activating group) is 2. The third-order valence-corrected chi connectivity index (χ3v) is 5.46. The molecule has 0 atom stereocenters. The van der Waals surface area contributed by atoms with Gasteiger partial charge in [-0.2, -0.15) is 4.98 Å². The molecule has 1 saturated carbocycles. The molecule has 6 heteroatoms. The predicted molar refractivity (Wildman–Crippen MR) is 90.5 cm³/mol. The summed E-state index contributed by atoms with van der Waals surface area (Å²) in [4.78, 5) is 14.9. The fourth-order valence-electron chi connectivity index (χ4n) is 3.09. The molecule has 0 spiro atoms. The SMILES string of the molecule is CNc1nc(N(C)CC2(N(C)C)CCC2)c2ccsc2n1. The van der Waals surface area contributed by atoms with Gasteiger partial charge in [0, 0.05) is 26.2 Å². The van der Waals surface area contributed by atoms with Gasteiger partial charge in [0.05, 0.1) is 5.39 Å². The minimum atomic E-state index is 0.294. The number of hydrogen-bond acceptors (Lipinski definition) is 6. The maximum Gasteiger partial charge on any atom is 0.225 e. The average Bonchev–Trinajstić information content (AvgIpc) is 2.88. The van der Waals surface area contributed by atoms with Crippen LogP contribution in [0.3, 0.4) is 0 Å². The lowest BCUT2D eigenvalue weighted by molar-refractivity contribution is 0.0682. The van der Waals surface area contributed by atoms with E-state index in [-0.39, 0.29) is 0 Å². The normalized spacial score (nSPS) is 17.0. The monoisotopic (exact) mass is 305 g/mol. The molecule has 1 fully saturated rings. The van der Waals surface area contributed by atoms with Gasteiger partial charge in [-0.25, -0.2) is 4.98 Å². The van der Waals surface area contributed by atoms with Gasteiger partial charge in [-0.3, -0.25) is 0 Å². The fraction of sp³-hybridized carbons (Fsp3) is 0.600. The van der Waals surface area contributed by atoms with Gasteiger partial charge in [-0.1, -0.05) is 0 Å². The van der Waals surface area contributed by atoms with E-state index in [2.05, 4.69) is 57.7 Å². The number of fused-ring (bicyclic) bond motifs is 1. The molecule has 0 bridgehead atoms. The van der Waals surface area contributed by atoms with E-state index < -0.39 is 0 Å². The molecule has 3 rings (SSSR count). The van der Waals surface area contributed by atoms with Crippen molar-refractivity contribution in [2.75, 3.05) is 45.0 Å². The van der Waals surface area contributed by atoms with Gasteiger partial charge in [-0.15, -0.1) is 11.3 Å². The lowest BCUT2D eigenvalue weighted by atomic mass is 9.75. The van der Waals surface area contributed by atoms with Crippen molar-refractivity contribution in [2.24, 2.45) is 0 Å². The molecule has 21 heavy (non-hydrogen) atoms. The Morgan fingerprint density at radius 3 is 2.62 bits per heavy atom. The van der Waals surface area contributed by atoms with Crippen LogP contribution in [0.5, 0.6) is 0 Å². The molecule has 1 aliphatic carbocycles. The molecule has 5 nitrogen and oxygen atoms in total. The van der Waals surface area contributed by atoms with E-state index in [1.807, 2.05) is 7.05 Å². The van der Waals surface area contributed by atoms with Crippen molar-refractivity contribution in [1.29, 1.82) is 0 Å². The molecule has 2 aromatic rings. The number of rotatable bonds is 5. The Labute approximate surface area is 130 Å². The lowest BCUT2D eigenvalue weighted by Crippen LogP contribution is -2.56. The number of thiophene rings is 1. The van der Waals surface area contributed by atoms with Crippen molar-refractivity contribution in [2.45, 2.75) is 24.8 Å². The van der Waals surface area contributed by atoms with Crippen molar-refractivity contribution in [3.05, 3.63) is 11.4 Å². The van der Waals surface area contributed by atoms with Crippen molar-refractivity contribution in [3.8, 4) is 0 Å². The highest BCUT2D eigenvalue weighted by atomic mass is 32.1. The number of hydrogen-bond donors (Lipinski definition) is 1. The Kier molecular flexibility index (Phi) is 3.75. The number of nitrogens with one attached hydrogen (secondary N) is 1. The minimum Gasteiger partial charge on any atom is -0.357 e. The molecule has 0 aromatic carbocycles. The van der Waals surface area contributed by atoms with Crippen LogP contribution in [-0.4, -0.2) is 55.1 Å². The summed E-state index contributed by atoms with van der Waals surface area (Å²) < 4.78 is 0. The van der Waals surface area contributed by atoms with Crippen LogP contribution in [0.1, 0.15) is 19.3 Å². The third kappa shape index (κ3) is 2.46. The van der Waals surface area contributed by atoms with E-state index >= 15 is 0 Å². The molecular formula is C15H23N5S. The van der Waals surface area contributed by atoms with Crippen LogP contribution in [-0.2, 0) is 0 Å². The third-order valence-electron chi connectivity index (χ3n) is 4.65. The topological polar surface area (TPSA) is 44.3 Å². The Hall–Kier alpha value is -1.40. The highest BCUT2D eigenvalue weighted by Gasteiger charge is 2.40. The van der Waals surface area contributed by atoms with Crippen LogP contribution < -0.4 is 10.2 Å².